The molecule has 0 radical (unpaired) electrons. The second-order valence-corrected chi connectivity index (χ2v) is 7.13. The Bertz CT molecular complexity index is 597. The molecule has 0 spiro atoms. The molecule has 1 aromatic rings. The van der Waals surface area contributed by atoms with Crippen molar-refractivity contribution in [2.75, 3.05) is 13.1 Å². The van der Waals surface area contributed by atoms with Crippen LogP contribution in [0.1, 0.15) is 49.7 Å². The molecule has 0 atom stereocenters. The predicted octanol–water partition coefficient (Wildman–Crippen LogP) is 2.53. The van der Waals surface area contributed by atoms with Gasteiger partial charge in [0.25, 0.3) is 0 Å². The number of rotatable bonds is 3. The van der Waals surface area contributed by atoms with Crippen LogP contribution in [-0.2, 0) is 15.0 Å². The summed E-state index contributed by atoms with van der Waals surface area (Å²) in [4.78, 5) is 26.6. The van der Waals surface area contributed by atoms with Gasteiger partial charge in [0.05, 0.1) is 5.41 Å². The lowest BCUT2D eigenvalue weighted by atomic mass is 9.76. The molecule has 2 N–H and O–H groups in total. The minimum Gasteiger partial charge on any atom is -0.369 e. The molecule has 2 aliphatic rings. The van der Waals surface area contributed by atoms with Crippen molar-refractivity contribution in [3.63, 3.8) is 0 Å². The van der Waals surface area contributed by atoms with Crippen LogP contribution in [0.2, 0.25) is 0 Å². The quantitative estimate of drug-likeness (QED) is 0.932. The molecule has 1 aliphatic heterocycles. The number of carbonyl (C=O) groups is 2. The first-order valence-electron chi connectivity index (χ1n) is 8.69. The molecule has 124 valence electrons. The summed E-state index contributed by atoms with van der Waals surface area (Å²) in [5.74, 6) is -0.0487. The highest BCUT2D eigenvalue weighted by atomic mass is 16.2. The van der Waals surface area contributed by atoms with Crippen LogP contribution in [0, 0.1) is 12.8 Å². The maximum absolute atomic E-state index is 13.3. The maximum atomic E-state index is 13.3. The van der Waals surface area contributed by atoms with Crippen molar-refractivity contribution in [2.24, 2.45) is 11.7 Å². The molecule has 0 aromatic heterocycles. The van der Waals surface area contributed by atoms with Crippen LogP contribution in [0.15, 0.2) is 24.3 Å². The van der Waals surface area contributed by atoms with Crippen molar-refractivity contribution in [1.82, 2.24) is 4.90 Å². The van der Waals surface area contributed by atoms with E-state index in [1.54, 1.807) is 0 Å². The fraction of sp³-hybridized carbons (Fsp3) is 0.579. The summed E-state index contributed by atoms with van der Waals surface area (Å²) >= 11 is 0. The lowest BCUT2D eigenvalue weighted by molar-refractivity contribution is -0.140. The van der Waals surface area contributed by atoms with E-state index in [9.17, 15) is 9.59 Å². The number of amides is 2. The van der Waals surface area contributed by atoms with Gasteiger partial charge in [0, 0.05) is 19.0 Å². The summed E-state index contributed by atoms with van der Waals surface area (Å²) < 4.78 is 0. The van der Waals surface area contributed by atoms with Crippen molar-refractivity contribution < 1.29 is 9.59 Å². The molecule has 4 heteroatoms. The van der Waals surface area contributed by atoms with Gasteiger partial charge in [0.1, 0.15) is 0 Å². The SMILES string of the molecule is Cc1cccc(C2(C(=O)N3CCC(C(N)=O)CC3)CCCC2)c1. The van der Waals surface area contributed by atoms with Gasteiger partial charge in [-0.15, -0.1) is 0 Å². The highest BCUT2D eigenvalue weighted by Gasteiger charge is 2.45. The molecule has 1 heterocycles. The highest BCUT2D eigenvalue weighted by molar-refractivity contribution is 5.89. The number of primary amides is 1. The first-order valence-corrected chi connectivity index (χ1v) is 8.69. The number of hydrogen-bond donors (Lipinski definition) is 1. The summed E-state index contributed by atoms with van der Waals surface area (Å²) in [5, 5.41) is 0. The number of benzene rings is 1. The van der Waals surface area contributed by atoms with Gasteiger partial charge in [-0.2, -0.15) is 0 Å². The predicted molar refractivity (Wildman–Crippen MR) is 89.8 cm³/mol. The van der Waals surface area contributed by atoms with Crippen LogP contribution in [0.4, 0.5) is 0 Å². The number of piperidine rings is 1. The van der Waals surface area contributed by atoms with Crippen LogP contribution in [0.3, 0.4) is 0 Å². The zero-order chi connectivity index (χ0) is 16.4. The Morgan fingerprint density at radius 2 is 1.83 bits per heavy atom. The third-order valence-electron chi connectivity index (χ3n) is 5.62. The third-order valence-corrected chi connectivity index (χ3v) is 5.62. The van der Waals surface area contributed by atoms with Gasteiger partial charge in [0.15, 0.2) is 0 Å². The molecule has 1 saturated carbocycles. The molecule has 1 aromatic carbocycles. The van der Waals surface area contributed by atoms with Crippen molar-refractivity contribution in [1.29, 1.82) is 0 Å². The Kier molecular flexibility index (Phi) is 4.42. The fourth-order valence-corrected chi connectivity index (χ4v) is 4.22. The topological polar surface area (TPSA) is 63.4 Å². The van der Waals surface area contributed by atoms with Crippen molar-refractivity contribution in [3.8, 4) is 0 Å². The van der Waals surface area contributed by atoms with Crippen molar-refractivity contribution in [2.45, 2.75) is 50.9 Å². The van der Waals surface area contributed by atoms with E-state index in [2.05, 4.69) is 31.2 Å². The van der Waals surface area contributed by atoms with Gasteiger partial charge in [0.2, 0.25) is 11.8 Å². The van der Waals surface area contributed by atoms with E-state index in [0.717, 1.165) is 31.2 Å². The normalized spacial score (nSPS) is 21.3. The third kappa shape index (κ3) is 2.99. The van der Waals surface area contributed by atoms with E-state index in [1.807, 2.05) is 4.90 Å². The van der Waals surface area contributed by atoms with Gasteiger partial charge in [-0.05, 0) is 38.2 Å². The van der Waals surface area contributed by atoms with E-state index in [1.165, 1.54) is 5.56 Å². The Balaban J connectivity index is 1.82. The van der Waals surface area contributed by atoms with Gasteiger partial charge < -0.3 is 10.6 Å². The number of aryl methyl sites for hydroxylation is 1. The highest BCUT2D eigenvalue weighted by Crippen LogP contribution is 2.43. The summed E-state index contributed by atoms with van der Waals surface area (Å²) in [6, 6.07) is 8.40. The standard InChI is InChI=1S/C19H26N2O2/c1-14-5-4-6-16(13-14)19(9-2-3-10-19)18(23)21-11-7-15(8-12-21)17(20)22/h4-6,13,15H,2-3,7-12H2,1H3,(H2,20,22). The molecular weight excluding hydrogens is 288 g/mol. The minimum absolute atomic E-state index is 0.0717. The molecule has 0 bridgehead atoms. The molecule has 2 amide bonds. The lowest BCUT2D eigenvalue weighted by Crippen LogP contribution is -2.49. The molecular formula is C19H26N2O2. The number of carbonyl (C=O) groups excluding carboxylic acids is 2. The zero-order valence-electron chi connectivity index (χ0n) is 13.9. The summed E-state index contributed by atoms with van der Waals surface area (Å²) in [7, 11) is 0. The average molecular weight is 314 g/mol. The van der Waals surface area contributed by atoms with E-state index < -0.39 is 0 Å². The number of nitrogens with zero attached hydrogens (tertiary/aromatic N) is 1. The number of hydrogen-bond acceptors (Lipinski definition) is 2. The Morgan fingerprint density at radius 3 is 2.39 bits per heavy atom. The monoisotopic (exact) mass is 314 g/mol. The average Bonchev–Trinajstić information content (AvgIpc) is 3.05. The number of nitrogens with two attached hydrogens (primary N) is 1. The van der Waals surface area contributed by atoms with Crippen LogP contribution >= 0.6 is 0 Å². The molecule has 0 unspecified atom stereocenters. The second-order valence-electron chi connectivity index (χ2n) is 7.13. The molecule has 2 fully saturated rings. The summed E-state index contributed by atoms with van der Waals surface area (Å²) in [6.45, 7) is 3.38. The van der Waals surface area contributed by atoms with E-state index in [-0.39, 0.29) is 23.1 Å². The molecule has 1 saturated heterocycles. The Labute approximate surface area is 138 Å². The van der Waals surface area contributed by atoms with Crippen molar-refractivity contribution in [3.05, 3.63) is 35.4 Å². The van der Waals surface area contributed by atoms with E-state index in [4.69, 9.17) is 5.73 Å². The molecule has 1 aliphatic carbocycles. The van der Waals surface area contributed by atoms with Crippen LogP contribution < -0.4 is 5.73 Å². The molecule has 23 heavy (non-hydrogen) atoms. The molecule has 4 nitrogen and oxygen atoms in total. The van der Waals surface area contributed by atoms with Gasteiger partial charge in [-0.25, -0.2) is 0 Å². The maximum Gasteiger partial charge on any atom is 0.233 e. The van der Waals surface area contributed by atoms with Crippen LogP contribution in [0.25, 0.3) is 0 Å². The Hall–Kier alpha value is -1.84. The first-order chi connectivity index (χ1) is 11.0. The second kappa shape index (κ2) is 6.34. The first kappa shape index (κ1) is 16.0. The Morgan fingerprint density at radius 1 is 1.17 bits per heavy atom. The van der Waals surface area contributed by atoms with E-state index >= 15 is 0 Å². The van der Waals surface area contributed by atoms with Crippen molar-refractivity contribution >= 4 is 11.8 Å². The van der Waals surface area contributed by atoms with Gasteiger partial charge in [-0.1, -0.05) is 42.7 Å². The van der Waals surface area contributed by atoms with Crippen LogP contribution in [-0.4, -0.2) is 29.8 Å². The fourth-order valence-electron chi connectivity index (χ4n) is 4.22. The summed E-state index contributed by atoms with van der Waals surface area (Å²) in [5.41, 5.74) is 7.41. The molecule has 3 rings (SSSR count). The van der Waals surface area contributed by atoms with Crippen LogP contribution in [0.5, 0.6) is 0 Å². The largest absolute Gasteiger partial charge is 0.369 e. The summed E-state index contributed by atoms with van der Waals surface area (Å²) in [6.07, 6.45) is 5.49. The lowest BCUT2D eigenvalue weighted by Gasteiger charge is -2.38. The van der Waals surface area contributed by atoms with Gasteiger partial charge in [-0.3, -0.25) is 9.59 Å². The van der Waals surface area contributed by atoms with E-state index in [0.29, 0.717) is 25.9 Å². The minimum atomic E-state index is -0.356. The van der Waals surface area contributed by atoms with Gasteiger partial charge >= 0.3 is 0 Å². The smallest absolute Gasteiger partial charge is 0.233 e. The zero-order valence-corrected chi connectivity index (χ0v) is 13.9. The number of likely N-dealkylation sites (tertiary alicyclic amines) is 1.